The lowest BCUT2D eigenvalue weighted by Gasteiger charge is -2.43. The van der Waals surface area contributed by atoms with E-state index in [-0.39, 0.29) is 34.8 Å². The number of ether oxygens (including phenoxy) is 4. The third kappa shape index (κ3) is 6.93. The summed E-state index contributed by atoms with van der Waals surface area (Å²) in [5, 5.41) is 6.80. The number of aryl methyl sites for hydroxylation is 1. The van der Waals surface area contributed by atoms with Gasteiger partial charge in [-0.15, -0.1) is 0 Å². The Morgan fingerprint density at radius 1 is 0.923 bits per heavy atom. The van der Waals surface area contributed by atoms with Gasteiger partial charge in [0.25, 0.3) is 0 Å². The first-order valence-electron chi connectivity index (χ1n) is 17.9. The first-order chi connectivity index (χ1) is 25.0. The lowest BCUT2D eigenvalue weighted by molar-refractivity contribution is -0.121. The lowest BCUT2D eigenvalue weighted by Crippen LogP contribution is -2.54. The van der Waals surface area contributed by atoms with Crippen LogP contribution in [0.1, 0.15) is 68.2 Å². The summed E-state index contributed by atoms with van der Waals surface area (Å²) in [5.41, 5.74) is 3.79. The molecular formula is C41H49N3O8. The summed E-state index contributed by atoms with van der Waals surface area (Å²) < 4.78 is 29.4. The van der Waals surface area contributed by atoms with E-state index in [0.29, 0.717) is 81.3 Å². The van der Waals surface area contributed by atoms with Crippen molar-refractivity contribution in [2.75, 3.05) is 49.1 Å². The van der Waals surface area contributed by atoms with E-state index in [4.69, 9.17) is 23.4 Å². The lowest BCUT2D eigenvalue weighted by atomic mass is 9.80. The molecular weight excluding hydrogens is 662 g/mol. The molecule has 2 amide bonds. The van der Waals surface area contributed by atoms with Crippen molar-refractivity contribution in [3.8, 4) is 45.4 Å². The number of methoxy groups -OCH3 is 4. The summed E-state index contributed by atoms with van der Waals surface area (Å²) in [7, 11) is 10.4. The fourth-order valence-corrected chi connectivity index (χ4v) is 8.01. The van der Waals surface area contributed by atoms with Crippen LogP contribution in [0.3, 0.4) is 0 Å². The van der Waals surface area contributed by atoms with Crippen molar-refractivity contribution >= 4 is 22.8 Å². The average Bonchev–Trinajstić information content (AvgIpc) is 3.34. The van der Waals surface area contributed by atoms with E-state index in [2.05, 4.69) is 29.6 Å². The minimum Gasteiger partial charge on any atom is -0.497 e. The summed E-state index contributed by atoms with van der Waals surface area (Å²) in [6.07, 6.45) is 6.51. The predicted octanol–water partition coefficient (Wildman–Crippen LogP) is 6.21. The Bertz CT molecular complexity index is 2030. The van der Waals surface area contributed by atoms with Gasteiger partial charge < -0.3 is 38.9 Å². The second kappa shape index (κ2) is 15.3. The first kappa shape index (κ1) is 36.8. The molecule has 0 saturated heterocycles. The van der Waals surface area contributed by atoms with E-state index >= 15 is 0 Å². The number of nitrogens with one attached hydrogen (secondary N) is 2. The highest BCUT2D eigenvalue weighted by molar-refractivity contribution is 5.96. The van der Waals surface area contributed by atoms with Crippen LogP contribution in [-0.2, 0) is 22.4 Å². The van der Waals surface area contributed by atoms with Crippen LogP contribution in [0.4, 0.5) is 0 Å². The number of likely N-dealkylation sites (N-methyl/N-ethyl adjacent to an activating group) is 1. The van der Waals surface area contributed by atoms with Gasteiger partial charge in [0, 0.05) is 41.1 Å². The molecule has 4 aromatic rings. The zero-order chi connectivity index (χ0) is 37.2. The first-order valence-corrected chi connectivity index (χ1v) is 17.9. The fraction of sp³-hybridized carbons (Fsp3) is 0.439. The Balaban J connectivity index is 1.59. The predicted molar refractivity (Wildman–Crippen MR) is 201 cm³/mol. The number of fused-ring (bicyclic) bond motifs is 4. The molecule has 1 aromatic heterocycles. The van der Waals surface area contributed by atoms with Crippen molar-refractivity contribution in [3.05, 3.63) is 69.4 Å². The number of carbonyl (C=O) groups is 2. The van der Waals surface area contributed by atoms with Crippen molar-refractivity contribution in [1.29, 1.82) is 0 Å². The molecule has 11 heteroatoms. The second-order valence-electron chi connectivity index (χ2n) is 14.0. The molecule has 0 radical (unpaired) electrons. The molecule has 0 unspecified atom stereocenters. The number of rotatable bonds is 11. The summed E-state index contributed by atoms with van der Waals surface area (Å²) in [4.78, 5) is 43.1. The number of amides is 2. The molecule has 0 aliphatic heterocycles. The largest absolute Gasteiger partial charge is 0.497 e. The van der Waals surface area contributed by atoms with Crippen LogP contribution in [0.15, 0.2) is 51.7 Å². The van der Waals surface area contributed by atoms with Gasteiger partial charge >= 0.3 is 0 Å². The van der Waals surface area contributed by atoms with Crippen LogP contribution in [-0.4, -0.2) is 71.3 Å². The Morgan fingerprint density at radius 2 is 1.63 bits per heavy atom. The molecule has 1 atom stereocenters. The molecule has 3 aromatic carbocycles. The van der Waals surface area contributed by atoms with Gasteiger partial charge in [0.15, 0.2) is 17.1 Å². The maximum Gasteiger partial charge on any atom is 0.224 e. The maximum atomic E-state index is 14.3. The number of hydrogen-bond acceptors (Lipinski definition) is 9. The molecule has 1 heterocycles. The van der Waals surface area contributed by atoms with Crippen LogP contribution in [0.25, 0.3) is 33.4 Å². The number of furan rings is 1. The Kier molecular flexibility index (Phi) is 10.8. The smallest absolute Gasteiger partial charge is 0.224 e. The van der Waals surface area contributed by atoms with Crippen molar-refractivity contribution in [3.63, 3.8) is 0 Å². The van der Waals surface area contributed by atoms with Crippen LogP contribution in [0, 0.1) is 0 Å². The Morgan fingerprint density at radius 3 is 2.25 bits per heavy atom. The molecule has 11 nitrogen and oxygen atoms in total. The summed E-state index contributed by atoms with van der Waals surface area (Å²) >= 11 is 0. The summed E-state index contributed by atoms with van der Waals surface area (Å²) in [6, 6.07) is 12.2. The van der Waals surface area contributed by atoms with Gasteiger partial charge in [-0.25, -0.2) is 0 Å². The van der Waals surface area contributed by atoms with Gasteiger partial charge in [0.1, 0.15) is 11.5 Å². The molecule has 52 heavy (non-hydrogen) atoms. The molecule has 2 aliphatic rings. The third-order valence-corrected chi connectivity index (χ3v) is 10.8. The molecule has 6 rings (SSSR count). The molecule has 0 bridgehead atoms. The summed E-state index contributed by atoms with van der Waals surface area (Å²) in [6.45, 7) is 1.98. The highest BCUT2D eigenvalue weighted by Crippen LogP contribution is 2.51. The zero-order valence-electron chi connectivity index (χ0n) is 31.2. The Hall–Kier alpha value is -5.03. The molecule has 2 aliphatic carbocycles. The third-order valence-electron chi connectivity index (χ3n) is 10.8. The van der Waals surface area contributed by atoms with E-state index in [9.17, 15) is 14.4 Å². The standard InChI is InChI=1S/C41H49N3O8/c1-24(45)43-32-16-13-26-19-34(49-5)39(50-6)40(51-7)36(26)29-20-30-31(22-35(47)42-23-41(44(2)3)17-9-8-10-18-41)37(25-11-14-27(48-4)15-12-25)52-38(30)33(46)21-28(29)32/h11-12,14-15,19-21,32H,8-10,13,16-18,22-23H2,1-7H3,(H,42,47)(H,43,45)/t32-/m0/s1. The molecule has 2 N–H and O–H groups in total. The van der Waals surface area contributed by atoms with Crippen molar-refractivity contribution in [1.82, 2.24) is 15.5 Å². The monoisotopic (exact) mass is 711 g/mol. The fourth-order valence-electron chi connectivity index (χ4n) is 8.01. The van der Waals surface area contributed by atoms with Crippen LogP contribution < -0.4 is 35.0 Å². The molecule has 0 spiro atoms. The van der Waals surface area contributed by atoms with E-state index in [1.54, 1.807) is 34.5 Å². The van der Waals surface area contributed by atoms with Crippen molar-refractivity contribution in [2.24, 2.45) is 0 Å². The quantitative estimate of drug-likeness (QED) is 0.187. The number of benzene rings is 2. The normalized spacial score (nSPS) is 16.3. The average molecular weight is 712 g/mol. The minimum absolute atomic E-state index is 0.0266. The van der Waals surface area contributed by atoms with Gasteiger partial charge in [0.2, 0.25) is 23.0 Å². The molecule has 1 saturated carbocycles. The van der Waals surface area contributed by atoms with E-state index in [1.807, 2.05) is 36.4 Å². The van der Waals surface area contributed by atoms with Crippen molar-refractivity contribution in [2.45, 2.75) is 69.9 Å². The second-order valence-corrected chi connectivity index (χ2v) is 14.0. The maximum absolute atomic E-state index is 14.3. The van der Waals surface area contributed by atoms with E-state index in [0.717, 1.165) is 31.2 Å². The zero-order valence-corrected chi connectivity index (χ0v) is 31.2. The number of nitrogens with zero attached hydrogens (tertiary/aromatic N) is 1. The van der Waals surface area contributed by atoms with Gasteiger partial charge in [0.05, 0.1) is 40.9 Å². The van der Waals surface area contributed by atoms with Crippen LogP contribution in [0.5, 0.6) is 23.0 Å². The highest BCUT2D eigenvalue weighted by Gasteiger charge is 2.35. The Labute approximate surface area is 304 Å². The van der Waals surface area contributed by atoms with Crippen LogP contribution >= 0.6 is 0 Å². The van der Waals surface area contributed by atoms with Gasteiger partial charge in [-0.05, 0) is 98.9 Å². The number of hydrogen-bond donors (Lipinski definition) is 2. The minimum atomic E-state index is -0.490. The molecule has 276 valence electrons. The van der Waals surface area contributed by atoms with Crippen LogP contribution in [0.2, 0.25) is 0 Å². The van der Waals surface area contributed by atoms with Gasteiger partial charge in [-0.1, -0.05) is 19.3 Å². The van der Waals surface area contributed by atoms with Gasteiger partial charge in [-0.2, -0.15) is 0 Å². The SMILES string of the molecule is COc1ccc(-c2oc3c(=O)cc4c(cc3c2CC(=O)NCC2(N(C)C)CCCCC2)-c2c(cc(OC)c(OC)c2OC)CC[C@@H]4NC(C)=O)cc1. The topological polar surface area (TPSA) is 129 Å². The molecule has 1 fully saturated rings. The van der Waals surface area contributed by atoms with Crippen molar-refractivity contribution < 1.29 is 33.0 Å². The highest BCUT2D eigenvalue weighted by atomic mass is 16.5. The van der Waals surface area contributed by atoms with Gasteiger partial charge in [-0.3, -0.25) is 14.4 Å². The van der Waals surface area contributed by atoms with E-state index < -0.39 is 6.04 Å². The van der Waals surface area contributed by atoms with E-state index in [1.165, 1.54) is 13.3 Å². The summed E-state index contributed by atoms with van der Waals surface area (Å²) in [5.74, 6) is 2.04. The number of carbonyl (C=O) groups excluding carboxylic acids is 2.